The second-order valence-corrected chi connectivity index (χ2v) is 8.78. The van der Waals surface area contributed by atoms with Crippen LogP contribution in [0.3, 0.4) is 0 Å². The average molecular weight is 529 g/mol. The monoisotopic (exact) mass is 528 g/mol. The second-order valence-electron chi connectivity index (χ2n) is 7.93. The van der Waals surface area contributed by atoms with Crippen LogP contribution < -0.4 is 19.9 Å². The molecule has 35 heavy (non-hydrogen) atoms. The van der Waals surface area contributed by atoms with Crippen LogP contribution in [0, 0.1) is 0 Å². The number of methoxy groups -OCH3 is 1. The van der Waals surface area contributed by atoms with Crippen molar-refractivity contribution in [2.45, 2.75) is 6.61 Å². The van der Waals surface area contributed by atoms with Gasteiger partial charge < -0.3 is 9.47 Å². The zero-order chi connectivity index (χ0) is 24.4. The van der Waals surface area contributed by atoms with Gasteiger partial charge in [-0.2, -0.15) is 0 Å². The van der Waals surface area contributed by atoms with Crippen molar-refractivity contribution in [3.63, 3.8) is 0 Å². The molecule has 5 rings (SSSR count). The Morgan fingerprint density at radius 1 is 0.914 bits per heavy atom. The SMILES string of the molecule is COc1cc(/C=C2/C(=O)NN(c3ccccc3)C2=O)c(Br)cc1OCc1cccc2ccccc12. The minimum absolute atomic E-state index is 0.0287. The number of carbonyl (C=O) groups excluding carboxylic acids is 2. The normalized spacial score (nSPS) is 14.5. The Morgan fingerprint density at radius 3 is 2.46 bits per heavy atom. The molecule has 0 unspecified atom stereocenters. The molecule has 1 fully saturated rings. The summed E-state index contributed by atoms with van der Waals surface area (Å²) in [5.41, 5.74) is 4.90. The molecule has 174 valence electrons. The van der Waals surface area contributed by atoms with Gasteiger partial charge in [-0.25, -0.2) is 5.01 Å². The summed E-state index contributed by atoms with van der Waals surface area (Å²) in [5.74, 6) is 0.137. The van der Waals surface area contributed by atoms with Gasteiger partial charge in [0.05, 0.1) is 12.8 Å². The fraction of sp³-hybridized carbons (Fsp3) is 0.0714. The summed E-state index contributed by atoms with van der Waals surface area (Å²) >= 11 is 3.55. The van der Waals surface area contributed by atoms with Crippen LogP contribution in [-0.2, 0) is 16.2 Å². The maximum absolute atomic E-state index is 12.9. The van der Waals surface area contributed by atoms with E-state index in [1.54, 1.807) is 49.6 Å². The summed E-state index contributed by atoms with van der Waals surface area (Å²) in [5, 5.41) is 3.51. The molecular weight excluding hydrogens is 508 g/mol. The Hall–Kier alpha value is -4.10. The van der Waals surface area contributed by atoms with Gasteiger partial charge in [-0.15, -0.1) is 0 Å². The number of nitrogens with zero attached hydrogens (tertiary/aromatic N) is 1. The number of anilines is 1. The van der Waals surface area contributed by atoms with Gasteiger partial charge in [0.2, 0.25) is 0 Å². The van der Waals surface area contributed by atoms with Gasteiger partial charge in [-0.3, -0.25) is 15.0 Å². The fourth-order valence-electron chi connectivity index (χ4n) is 3.98. The number of hydrazine groups is 1. The highest BCUT2D eigenvalue weighted by Gasteiger charge is 2.34. The smallest absolute Gasteiger partial charge is 0.282 e. The highest BCUT2D eigenvalue weighted by molar-refractivity contribution is 9.10. The van der Waals surface area contributed by atoms with Crippen molar-refractivity contribution in [3.8, 4) is 11.5 Å². The van der Waals surface area contributed by atoms with Gasteiger partial charge in [0.15, 0.2) is 11.5 Å². The van der Waals surface area contributed by atoms with Gasteiger partial charge in [-0.1, -0.05) is 76.6 Å². The van der Waals surface area contributed by atoms with E-state index in [1.165, 1.54) is 5.01 Å². The highest BCUT2D eigenvalue weighted by atomic mass is 79.9. The molecule has 0 atom stereocenters. The highest BCUT2D eigenvalue weighted by Crippen LogP contribution is 2.36. The van der Waals surface area contributed by atoms with Crippen LogP contribution in [0.2, 0.25) is 0 Å². The molecule has 4 aromatic carbocycles. The van der Waals surface area contributed by atoms with E-state index in [-0.39, 0.29) is 5.57 Å². The third-order valence-corrected chi connectivity index (χ3v) is 6.44. The summed E-state index contributed by atoms with van der Waals surface area (Å²) in [7, 11) is 1.55. The van der Waals surface area contributed by atoms with Crippen LogP contribution in [0.1, 0.15) is 11.1 Å². The first-order valence-corrected chi connectivity index (χ1v) is 11.7. The van der Waals surface area contributed by atoms with Crippen molar-refractivity contribution in [2.75, 3.05) is 12.1 Å². The first-order valence-electron chi connectivity index (χ1n) is 10.9. The third kappa shape index (κ3) is 4.50. The fourth-order valence-corrected chi connectivity index (χ4v) is 4.42. The van der Waals surface area contributed by atoms with Crippen molar-refractivity contribution in [1.82, 2.24) is 5.43 Å². The van der Waals surface area contributed by atoms with Crippen molar-refractivity contribution < 1.29 is 19.1 Å². The van der Waals surface area contributed by atoms with Crippen molar-refractivity contribution in [3.05, 3.63) is 106 Å². The molecule has 1 heterocycles. The van der Waals surface area contributed by atoms with Crippen LogP contribution in [0.4, 0.5) is 5.69 Å². The molecule has 1 aliphatic rings. The van der Waals surface area contributed by atoms with E-state index in [1.807, 2.05) is 30.3 Å². The quantitative estimate of drug-likeness (QED) is 0.259. The molecule has 1 aliphatic heterocycles. The topological polar surface area (TPSA) is 67.9 Å². The molecule has 7 heteroatoms. The first-order chi connectivity index (χ1) is 17.0. The van der Waals surface area contributed by atoms with Crippen molar-refractivity contribution in [2.24, 2.45) is 0 Å². The van der Waals surface area contributed by atoms with E-state index in [0.29, 0.717) is 33.8 Å². The lowest BCUT2D eigenvalue weighted by molar-refractivity contribution is -0.117. The largest absolute Gasteiger partial charge is 0.493 e. The molecule has 0 saturated carbocycles. The van der Waals surface area contributed by atoms with Crippen LogP contribution in [0.15, 0.2) is 95.0 Å². The van der Waals surface area contributed by atoms with Gasteiger partial charge in [0.1, 0.15) is 12.2 Å². The molecule has 6 nitrogen and oxygen atoms in total. The predicted molar refractivity (Wildman–Crippen MR) is 139 cm³/mol. The summed E-state index contributed by atoms with van der Waals surface area (Å²) in [6.45, 7) is 0.359. The van der Waals surface area contributed by atoms with Gasteiger partial charge in [-0.05, 0) is 52.2 Å². The number of nitrogens with one attached hydrogen (secondary N) is 1. The molecule has 0 radical (unpaired) electrons. The molecule has 0 spiro atoms. The molecule has 1 N–H and O–H groups in total. The molecular formula is C28H21BrN2O4. The van der Waals surface area contributed by atoms with Crippen LogP contribution in [0.25, 0.3) is 16.8 Å². The Bertz CT molecular complexity index is 1460. The molecule has 0 aliphatic carbocycles. The number of rotatable bonds is 6. The van der Waals surface area contributed by atoms with E-state index in [4.69, 9.17) is 9.47 Å². The summed E-state index contributed by atoms with van der Waals surface area (Å²) in [4.78, 5) is 25.5. The summed E-state index contributed by atoms with van der Waals surface area (Å²) < 4.78 is 12.3. The summed E-state index contributed by atoms with van der Waals surface area (Å²) in [6, 6.07) is 26.7. The number of hydrogen-bond donors (Lipinski definition) is 1. The van der Waals surface area contributed by atoms with E-state index < -0.39 is 11.8 Å². The second kappa shape index (κ2) is 9.64. The third-order valence-electron chi connectivity index (χ3n) is 5.75. The maximum atomic E-state index is 12.9. The van der Waals surface area contributed by atoms with Crippen molar-refractivity contribution in [1.29, 1.82) is 0 Å². The van der Waals surface area contributed by atoms with Gasteiger partial charge >= 0.3 is 0 Å². The molecule has 0 bridgehead atoms. The standard InChI is InChI=1S/C28H21BrN2O4/c1-34-25-15-20(14-23-27(32)30-31(28(23)33)21-11-3-2-4-12-21)24(29)16-26(25)35-17-19-10-7-9-18-8-5-6-13-22(18)19/h2-16H,17H2,1H3,(H,30,32)/b23-14-. The van der Waals surface area contributed by atoms with E-state index in [0.717, 1.165) is 16.3 Å². The lowest BCUT2D eigenvalue weighted by atomic mass is 10.1. The minimum atomic E-state index is -0.471. The Labute approximate surface area is 210 Å². The zero-order valence-electron chi connectivity index (χ0n) is 18.8. The zero-order valence-corrected chi connectivity index (χ0v) is 20.4. The average Bonchev–Trinajstić information content (AvgIpc) is 3.17. The number of benzene rings is 4. The number of amides is 2. The number of hydrogen-bond acceptors (Lipinski definition) is 4. The Balaban J connectivity index is 1.41. The molecule has 0 aromatic heterocycles. The van der Waals surface area contributed by atoms with E-state index in [9.17, 15) is 9.59 Å². The van der Waals surface area contributed by atoms with E-state index >= 15 is 0 Å². The predicted octanol–water partition coefficient (Wildman–Crippen LogP) is 5.65. The van der Waals surface area contributed by atoms with E-state index in [2.05, 4.69) is 39.6 Å². The van der Waals surface area contributed by atoms with Crippen LogP contribution >= 0.6 is 15.9 Å². The Kier molecular flexibility index (Phi) is 6.25. The molecule has 4 aromatic rings. The summed E-state index contributed by atoms with van der Waals surface area (Å²) in [6.07, 6.45) is 1.54. The maximum Gasteiger partial charge on any atom is 0.282 e. The molecule has 1 saturated heterocycles. The number of para-hydroxylation sites is 1. The lowest BCUT2D eigenvalue weighted by Crippen LogP contribution is -2.35. The van der Waals surface area contributed by atoms with Gasteiger partial charge in [0, 0.05) is 4.47 Å². The first kappa shape index (κ1) is 22.7. The van der Waals surface area contributed by atoms with Crippen LogP contribution in [0.5, 0.6) is 11.5 Å². The van der Waals surface area contributed by atoms with Crippen molar-refractivity contribution >= 4 is 50.3 Å². The lowest BCUT2D eigenvalue weighted by Gasteiger charge is -2.14. The number of fused-ring (bicyclic) bond motifs is 1. The number of halogens is 1. The van der Waals surface area contributed by atoms with Crippen LogP contribution in [-0.4, -0.2) is 18.9 Å². The Morgan fingerprint density at radius 2 is 1.66 bits per heavy atom. The number of carbonyl (C=O) groups is 2. The molecule has 2 amide bonds. The van der Waals surface area contributed by atoms with Gasteiger partial charge in [0.25, 0.3) is 11.8 Å². The minimum Gasteiger partial charge on any atom is -0.493 e. The number of ether oxygens (including phenoxy) is 2.